The first kappa shape index (κ1) is 22.0. The van der Waals surface area contributed by atoms with Gasteiger partial charge in [0.25, 0.3) is 10.0 Å². The third kappa shape index (κ3) is 3.31. The second kappa shape index (κ2) is 7.88. The van der Waals surface area contributed by atoms with Crippen LogP contribution in [0.3, 0.4) is 0 Å². The molecule has 1 N–H and O–H groups in total. The molecule has 1 aliphatic heterocycles. The van der Waals surface area contributed by atoms with Gasteiger partial charge >= 0.3 is 5.69 Å². The molecule has 0 radical (unpaired) electrons. The van der Waals surface area contributed by atoms with Crippen molar-refractivity contribution in [2.45, 2.75) is 18.2 Å². The normalized spacial score (nSPS) is 14.0. The van der Waals surface area contributed by atoms with Gasteiger partial charge in [0, 0.05) is 30.9 Å². The van der Waals surface area contributed by atoms with E-state index in [-0.39, 0.29) is 17.1 Å². The van der Waals surface area contributed by atoms with Crippen LogP contribution in [-0.2, 0) is 35.3 Å². The van der Waals surface area contributed by atoms with Gasteiger partial charge in [0.1, 0.15) is 6.54 Å². The first-order valence-corrected chi connectivity index (χ1v) is 12.4. The minimum Gasteiger partial charge on any atom is -0.324 e. The Labute approximate surface area is 197 Å². The average molecular weight is 477 g/mol. The Balaban J connectivity index is 1.51. The fourth-order valence-corrected chi connectivity index (χ4v) is 6.13. The predicted octanol–water partition coefficient (Wildman–Crippen LogP) is 3.25. The monoisotopic (exact) mass is 476 g/mol. The maximum atomic E-state index is 13.5. The van der Waals surface area contributed by atoms with Crippen LogP contribution < -0.4 is 15.3 Å². The van der Waals surface area contributed by atoms with E-state index in [0.717, 1.165) is 27.4 Å². The van der Waals surface area contributed by atoms with Crippen molar-refractivity contribution < 1.29 is 13.2 Å². The number of nitrogens with one attached hydrogen (secondary N) is 1. The Kier molecular flexibility index (Phi) is 5.09. The van der Waals surface area contributed by atoms with E-state index in [1.807, 2.05) is 25.1 Å². The molecule has 1 amide bonds. The Hall–Kier alpha value is -3.85. The summed E-state index contributed by atoms with van der Waals surface area (Å²) in [6.45, 7) is 1.67. The zero-order chi connectivity index (χ0) is 24.2. The minimum absolute atomic E-state index is 0.167. The fraction of sp³-hybridized carbons (Fsp3) is 0.200. The Morgan fingerprint density at radius 1 is 0.912 bits per heavy atom. The van der Waals surface area contributed by atoms with Gasteiger partial charge in [-0.15, -0.1) is 0 Å². The summed E-state index contributed by atoms with van der Waals surface area (Å²) in [6.07, 6.45) is 0.813. The molecule has 1 aromatic heterocycles. The summed E-state index contributed by atoms with van der Waals surface area (Å²) in [5.74, 6) is -0.478. The molecule has 174 valence electrons. The SMILES string of the molecule is CCc1ccc2c(c1)-c1ccccc1S(=O)(=O)N2CC(=O)Nc1ccc2c(c1)n(C)c(=O)n2C. The van der Waals surface area contributed by atoms with Crippen LogP contribution in [0.5, 0.6) is 0 Å². The van der Waals surface area contributed by atoms with E-state index in [9.17, 15) is 18.0 Å². The van der Waals surface area contributed by atoms with E-state index in [1.165, 1.54) is 9.13 Å². The van der Waals surface area contributed by atoms with Crippen molar-refractivity contribution in [1.82, 2.24) is 9.13 Å². The number of nitrogens with zero attached hydrogens (tertiary/aromatic N) is 3. The van der Waals surface area contributed by atoms with Crippen molar-refractivity contribution in [3.05, 3.63) is 76.7 Å². The Morgan fingerprint density at radius 2 is 1.65 bits per heavy atom. The van der Waals surface area contributed by atoms with Crippen LogP contribution in [0.25, 0.3) is 22.2 Å². The number of carbonyl (C=O) groups is 1. The first-order valence-electron chi connectivity index (χ1n) is 10.9. The number of sulfonamides is 1. The van der Waals surface area contributed by atoms with Gasteiger partial charge in [-0.3, -0.25) is 18.2 Å². The van der Waals surface area contributed by atoms with Crippen molar-refractivity contribution in [2.24, 2.45) is 14.1 Å². The molecule has 0 spiro atoms. The average Bonchev–Trinajstić information content (AvgIpc) is 3.05. The smallest absolute Gasteiger partial charge is 0.324 e. The lowest BCUT2D eigenvalue weighted by atomic mass is 9.99. The lowest BCUT2D eigenvalue weighted by Gasteiger charge is -2.32. The van der Waals surface area contributed by atoms with Gasteiger partial charge in [-0.05, 0) is 48.4 Å². The molecule has 2 heterocycles. The molecule has 0 unspecified atom stereocenters. The molecule has 0 saturated heterocycles. The number of carbonyl (C=O) groups excluding carboxylic acids is 1. The van der Waals surface area contributed by atoms with Crippen molar-refractivity contribution in [3.63, 3.8) is 0 Å². The molecule has 0 aliphatic carbocycles. The Bertz CT molecular complexity index is 1630. The third-order valence-corrected chi connectivity index (χ3v) is 8.14. The highest BCUT2D eigenvalue weighted by Gasteiger charge is 2.36. The van der Waals surface area contributed by atoms with E-state index in [0.29, 0.717) is 22.5 Å². The molecular formula is C25H24N4O4S. The van der Waals surface area contributed by atoms with E-state index in [2.05, 4.69) is 5.32 Å². The predicted molar refractivity (Wildman–Crippen MR) is 133 cm³/mol. The van der Waals surface area contributed by atoms with Crippen molar-refractivity contribution in [1.29, 1.82) is 0 Å². The molecule has 0 atom stereocenters. The number of imidazole rings is 1. The maximum Gasteiger partial charge on any atom is 0.328 e. The van der Waals surface area contributed by atoms with Crippen molar-refractivity contribution >= 4 is 38.3 Å². The van der Waals surface area contributed by atoms with Crippen LogP contribution in [0.4, 0.5) is 11.4 Å². The summed E-state index contributed by atoms with van der Waals surface area (Å²) in [6, 6.07) is 17.6. The van der Waals surface area contributed by atoms with Crippen LogP contribution in [0.15, 0.2) is 70.4 Å². The van der Waals surface area contributed by atoms with E-state index >= 15 is 0 Å². The van der Waals surface area contributed by atoms with E-state index in [4.69, 9.17) is 0 Å². The topological polar surface area (TPSA) is 93.4 Å². The van der Waals surface area contributed by atoms with Crippen LogP contribution in [0, 0.1) is 0 Å². The number of aryl methyl sites for hydroxylation is 3. The molecule has 8 nitrogen and oxygen atoms in total. The van der Waals surface area contributed by atoms with Crippen LogP contribution in [-0.4, -0.2) is 30.0 Å². The molecule has 9 heteroatoms. The molecule has 3 aromatic carbocycles. The highest BCUT2D eigenvalue weighted by atomic mass is 32.2. The van der Waals surface area contributed by atoms with Crippen LogP contribution >= 0.6 is 0 Å². The molecule has 4 aromatic rings. The molecule has 34 heavy (non-hydrogen) atoms. The van der Waals surface area contributed by atoms with E-state index in [1.54, 1.807) is 56.6 Å². The zero-order valence-corrected chi connectivity index (χ0v) is 19.9. The molecule has 0 fully saturated rings. The highest BCUT2D eigenvalue weighted by Crippen LogP contribution is 2.43. The quantitative estimate of drug-likeness (QED) is 0.489. The largest absolute Gasteiger partial charge is 0.328 e. The Morgan fingerprint density at radius 3 is 2.41 bits per heavy atom. The van der Waals surface area contributed by atoms with Gasteiger partial charge in [-0.2, -0.15) is 0 Å². The van der Waals surface area contributed by atoms with Crippen molar-refractivity contribution in [3.8, 4) is 11.1 Å². The van der Waals surface area contributed by atoms with Gasteiger partial charge in [0.15, 0.2) is 0 Å². The summed E-state index contributed by atoms with van der Waals surface area (Å²) in [7, 11) is -0.577. The number of hydrogen-bond acceptors (Lipinski definition) is 4. The van der Waals surface area contributed by atoms with E-state index < -0.39 is 15.9 Å². The second-order valence-electron chi connectivity index (χ2n) is 8.37. The van der Waals surface area contributed by atoms with Gasteiger partial charge < -0.3 is 5.32 Å². The molecular weight excluding hydrogens is 452 g/mol. The third-order valence-electron chi connectivity index (χ3n) is 6.33. The van der Waals surface area contributed by atoms with Gasteiger partial charge in [-0.25, -0.2) is 13.2 Å². The fourth-order valence-electron chi connectivity index (χ4n) is 4.48. The number of anilines is 2. The number of rotatable bonds is 4. The zero-order valence-electron chi connectivity index (χ0n) is 19.1. The van der Waals surface area contributed by atoms with Crippen molar-refractivity contribution in [2.75, 3.05) is 16.2 Å². The summed E-state index contributed by atoms with van der Waals surface area (Å²) >= 11 is 0. The summed E-state index contributed by atoms with van der Waals surface area (Å²) in [4.78, 5) is 25.4. The number of hydrogen-bond donors (Lipinski definition) is 1. The van der Waals surface area contributed by atoms with Gasteiger partial charge in [-0.1, -0.05) is 31.2 Å². The molecule has 0 bridgehead atoms. The molecule has 1 aliphatic rings. The maximum absolute atomic E-state index is 13.5. The van der Waals surface area contributed by atoms with Crippen LogP contribution in [0.1, 0.15) is 12.5 Å². The molecule has 0 saturated carbocycles. The van der Waals surface area contributed by atoms with Crippen LogP contribution in [0.2, 0.25) is 0 Å². The minimum atomic E-state index is -3.92. The second-order valence-corrected chi connectivity index (χ2v) is 10.2. The number of amides is 1. The number of fused-ring (bicyclic) bond motifs is 4. The number of aromatic nitrogens is 2. The summed E-state index contributed by atoms with van der Waals surface area (Å²) in [5.41, 5.74) is 4.71. The highest BCUT2D eigenvalue weighted by molar-refractivity contribution is 7.93. The summed E-state index contributed by atoms with van der Waals surface area (Å²) < 4.78 is 31.1. The lowest BCUT2D eigenvalue weighted by Crippen LogP contribution is -2.40. The standard InChI is InChI=1S/C25H24N4O4S/c1-4-16-9-11-20-19(13-16)18-7-5-6-8-23(18)34(32,33)29(20)15-24(30)26-17-10-12-21-22(14-17)28(3)25(31)27(21)2/h5-14H,4,15H2,1-3H3,(H,26,30). The molecule has 5 rings (SSSR count). The van der Waals surface area contributed by atoms with Gasteiger partial charge in [0.2, 0.25) is 5.91 Å². The lowest BCUT2D eigenvalue weighted by molar-refractivity contribution is -0.114. The van der Waals surface area contributed by atoms with Gasteiger partial charge in [0.05, 0.1) is 21.6 Å². The first-order chi connectivity index (χ1) is 16.2. The summed E-state index contributed by atoms with van der Waals surface area (Å²) in [5, 5.41) is 2.78. The number of benzene rings is 3.